The average Bonchev–Trinajstić information content (AvgIpc) is 3.24. The molecule has 1 aliphatic carbocycles. The van der Waals surface area contributed by atoms with Crippen LogP contribution in [0.25, 0.3) is 11.4 Å². The number of carbonyl (C=O) groups is 1. The number of anilines is 1. The summed E-state index contributed by atoms with van der Waals surface area (Å²) in [6.45, 7) is 9.46. The molecule has 0 saturated carbocycles. The lowest BCUT2D eigenvalue weighted by Crippen LogP contribution is -2.38. The van der Waals surface area contributed by atoms with Crippen molar-refractivity contribution in [3.05, 3.63) is 71.4 Å². The van der Waals surface area contributed by atoms with Crippen LogP contribution in [-0.4, -0.2) is 50.2 Å². The highest BCUT2D eigenvalue weighted by Crippen LogP contribution is 2.30. The summed E-state index contributed by atoms with van der Waals surface area (Å²) in [6, 6.07) is 6.40. The molecular formula is C28H33F3N6O. The number of hydrogen-bond donors (Lipinski definition) is 1. The van der Waals surface area contributed by atoms with Crippen LogP contribution >= 0.6 is 0 Å². The Kier molecular flexibility index (Phi) is 7.73. The van der Waals surface area contributed by atoms with Crippen LogP contribution < -0.4 is 5.32 Å². The number of alkyl halides is 3. The van der Waals surface area contributed by atoms with Crippen LogP contribution in [0.3, 0.4) is 0 Å². The molecule has 10 heteroatoms. The number of nitrogens with zero attached hydrogens (tertiary/aromatic N) is 5. The lowest BCUT2D eigenvalue weighted by atomic mass is 9.90. The highest BCUT2D eigenvalue weighted by atomic mass is 19.4. The Bertz CT molecular complexity index is 1300. The number of nitrogens with one attached hydrogen (secondary N) is 1. The summed E-state index contributed by atoms with van der Waals surface area (Å²) in [5.74, 6) is -0.204. The maximum atomic E-state index is 12.9. The van der Waals surface area contributed by atoms with Gasteiger partial charge in [0.15, 0.2) is 5.82 Å². The predicted molar refractivity (Wildman–Crippen MR) is 141 cm³/mol. The van der Waals surface area contributed by atoms with Gasteiger partial charge < -0.3 is 10.2 Å². The number of pyridine rings is 2. The van der Waals surface area contributed by atoms with Crippen LogP contribution in [-0.2, 0) is 6.18 Å². The van der Waals surface area contributed by atoms with Gasteiger partial charge in [-0.1, -0.05) is 26.8 Å². The van der Waals surface area contributed by atoms with E-state index >= 15 is 0 Å². The highest BCUT2D eigenvalue weighted by molar-refractivity contribution is 6.04. The number of rotatable bonds is 6. The van der Waals surface area contributed by atoms with Crippen molar-refractivity contribution in [2.75, 3.05) is 18.9 Å². The molecule has 7 nitrogen and oxygen atoms in total. The molecule has 1 amide bonds. The van der Waals surface area contributed by atoms with Crippen LogP contribution in [0, 0.1) is 12.3 Å². The van der Waals surface area contributed by atoms with E-state index in [-0.39, 0.29) is 16.8 Å². The number of carbonyl (C=O) groups excluding carboxylic acids is 1. The SMILES string of the molecule is Cc1c(C(=O)Nc2ccc(C3=CCC(N(C)CC(C)(C)C)CC3)nc2)cnn1-c1ccc(C(F)(F)F)cn1. The van der Waals surface area contributed by atoms with Gasteiger partial charge in [0.2, 0.25) is 0 Å². The van der Waals surface area contributed by atoms with E-state index in [1.54, 1.807) is 13.1 Å². The zero-order valence-electron chi connectivity index (χ0n) is 22.3. The van der Waals surface area contributed by atoms with Gasteiger partial charge in [-0.05, 0) is 68.5 Å². The van der Waals surface area contributed by atoms with Gasteiger partial charge in [-0.25, -0.2) is 9.67 Å². The molecule has 38 heavy (non-hydrogen) atoms. The van der Waals surface area contributed by atoms with Crippen LogP contribution in [0.15, 0.2) is 48.9 Å². The molecule has 0 fully saturated rings. The summed E-state index contributed by atoms with van der Waals surface area (Å²) < 4.78 is 39.8. The molecule has 1 atom stereocenters. The second kappa shape index (κ2) is 10.7. The Balaban J connectivity index is 1.39. The third kappa shape index (κ3) is 6.48. The molecule has 1 aliphatic rings. The molecule has 3 aromatic rings. The minimum absolute atomic E-state index is 0.188. The van der Waals surface area contributed by atoms with E-state index in [9.17, 15) is 18.0 Å². The first kappa shape index (κ1) is 27.5. The molecular weight excluding hydrogens is 493 g/mol. The van der Waals surface area contributed by atoms with Crippen molar-refractivity contribution < 1.29 is 18.0 Å². The molecule has 1 unspecified atom stereocenters. The smallest absolute Gasteiger partial charge is 0.320 e. The summed E-state index contributed by atoms with van der Waals surface area (Å²) in [5, 5.41) is 6.96. The maximum absolute atomic E-state index is 12.9. The van der Waals surface area contributed by atoms with E-state index in [0.717, 1.165) is 43.8 Å². The molecule has 0 spiro atoms. The number of aromatic nitrogens is 4. The first-order chi connectivity index (χ1) is 17.8. The quantitative estimate of drug-likeness (QED) is 0.417. The van der Waals surface area contributed by atoms with Crippen LogP contribution in [0.4, 0.5) is 18.9 Å². The molecule has 1 N–H and O–H groups in total. The van der Waals surface area contributed by atoms with Crippen LogP contribution in [0.1, 0.15) is 67.3 Å². The van der Waals surface area contributed by atoms with Crippen molar-refractivity contribution in [1.82, 2.24) is 24.6 Å². The number of allylic oxidation sites excluding steroid dienone is 1. The lowest BCUT2D eigenvalue weighted by molar-refractivity contribution is -0.137. The van der Waals surface area contributed by atoms with E-state index in [1.807, 2.05) is 12.1 Å². The third-order valence-corrected chi connectivity index (χ3v) is 6.63. The Morgan fingerprint density at radius 1 is 1.11 bits per heavy atom. The molecule has 0 aromatic carbocycles. The van der Waals surface area contributed by atoms with E-state index in [0.29, 0.717) is 17.4 Å². The Morgan fingerprint density at radius 3 is 2.42 bits per heavy atom. The summed E-state index contributed by atoms with van der Waals surface area (Å²) in [7, 11) is 2.19. The molecule has 3 heterocycles. The van der Waals surface area contributed by atoms with Gasteiger partial charge in [0.1, 0.15) is 0 Å². The van der Waals surface area contributed by atoms with Crippen molar-refractivity contribution in [2.24, 2.45) is 5.41 Å². The summed E-state index contributed by atoms with van der Waals surface area (Å²) >= 11 is 0. The molecule has 0 bridgehead atoms. The predicted octanol–water partition coefficient (Wildman–Crippen LogP) is 6.16. The summed E-state index contributed by atoms with van der Waals surface area (Å²) in [4.78, 5) is 23.7. The molecule has 202 valence electrons. The summed E-state index contributed by atoms with van der Waals surface area (Å²) in [5.41, 5.74) is 2.81. The fraction of sp³-hybridized carbons (Fsp3) is 0.429. The van der Waals surface area contributed by atoms with Gasteiger partial charge in [0.05, 0.1) is 40.6 Å². The average molecular weight is 527 g/mol. The number of hydrogen-bond acceptors (Lipinski definition) is 5. The Hall–Kier alpha value is -3.53. The topological polar surface area (TPSA) is 75.9 Å². The minimum Gasteiger partial charge on any atom is -0.320 e. The van der Waals surface area contributed by atoms with Crippen LogP contribution in [0.2, 0.25) is 0 Å². The molecule has 0 saturated heterocycles. The summed E-state index contributed by atoms with van der Waals surface area (Å²) in [6.07, 6.45) is 4.55. The zero-order chi connectivity index (χ0) is 27.7. The standard InChI is InChI=1S/C28H33F3N6O/c1-18-23(16-34-37(18)25-13-8-20(14-33-25)28(29,30)31)26(38)35-21-9-12-24(32-15-21)19-6-10-22(11-7-19)36(5)17-27(2,3)4/h6,8-9,12-16,22H,7,10-11,17H2,1-5H3,(H,35,38). The van der Waals surface area contributed by atoms with Gasteiger partial charge in [-0.2, -0.15) is 18.3 Å². The Labute approximate surface area is 220 Å². The lowest BCUT2D eigenvalue weighted by Gasteiger charge is -2.35. The van der Waals surface area contributed by atoms with E-state index in [4.69, 9.17) is 0 Å². The zero-order valence-corrected chi connectivity index (χ0v) is 22.3. The second-order valence-electron chi connectivity index (χ2n) is 11.0. The number of amides is 1. The molecule has 0 radical (unpaired) electrons. The normalized spacial score (nSPS) is 16.4. The fourth-order valence-electron chi connectivity index (χ4n) is 4.73. The second-order valence-corrected chi connectivity index (χ2v) is 11.0. The maximum Gasteiger partial charge on any atom is 0.417 e. The third-order valence-electron chi connectivity index (χ3n) is 6.63. The molecule has 4 rings (SSSR count). The highest BCUT2D eigenvalue weighted by Gasteiger charge is 2.31. The molecule has 3 aromatic heterocycles. The largest absolute Gasteiger partial charge is 0.417 e. The monoisotopic (exact) mass is 526 g/mol. The van der Waals surface area contributed by atoms with Gasteiger partial charge in [-0.3, -0.25) is 9.78 Å². The van der Waals surface area contributed by atoms with Gasteiger partial charge in [-0.15, -0.1) is 0 Å². The Morgan fingerprint density at radius 2 is 1.87 bits per heavy atom. The van der Waals surface area contributed by atoms with E-state index < -0.39 is 17.6 Å². The van der Waals surface area contributed by atoms with E-state index in [2.05, 4.69) is 59.2 Å². The first-order valence-corrected chi connectivity index (χ1v) is 12.6. The number of halogens is 3. The van der Waals surface area contributed by atoms with Gasteiger partial charge >= 0.3 is 6.18 Å². The first-order valence-electron chi connectivity index (χ1n) is 12.6. The van der Waals surface area contributed by atoms with E-state index in [1.165, 1.54) is 22.5 Å². The van der Waals surface area contributed by atoms with Gasteiger partial charge in [0, 0.05) is 18.8 Å². The minimum atomic E-state index is -4.47. The fourth-order valence-corrected chi connectivity index (χ4v) is 4.73. The van der Waals surface area contributed by atoms with Crippen LogP contribution in [0.5, 0.6) is 0 Å². The van der Waals surface area contributed by atoms with Crippen molar-refractivity contribution in [3.8, 4) is 5.82 Å². The van der Waals surface area contributed by atoms with Crippen molar-refractivity contribution in [1.29, 1.82) is 0 Å². The van der Waals surface area contributed by atoms with Crippen molar-refractivity contribution in [3.63, 3.8) is 0 Å². The molecule has 0 aliphatic heterocycles. The van der Waals surface area contributed by atoms with Crippen molar-refractivity contribution in [2.45, 2.75) is 59.2 Å². The van der Waals surface area contributed by atoms with Crippen molar-refractivity contribution >= 4 is 17.2 Å². The van der Waals surface area contributed by atoms with Gasteiger partial charge in [0.25, 0.3) is 5.91 Å².